The van der Waals surface area contributed by atoms with Crippen molar-refractivity contribution in [2.24, 2.45) is 5.92 Å². The molecule has 1 aromatic carbocycles. The van der Waals surface area contributed by atoms with Gasteiger partial charge in [-0.05, 0) is 12.1 Å². The number of likely N-dealkylation sites (tertiary alicyclic amines) is 1. The number of carbonyl (C=O) groups excluding carboxylic acids is 1. The molecule has 0 radical (unpaired) electrons. The molecule has 2 aliphatic heterocycles. The number of nitrogens with zero attached hydrogens (tertiary/aromatic N) is 1. The molecule has 6 heteroatoms. The highest BCUT2D eigenvalue weighted by Crippen LogP contribution is 2.31. The summed E-state index contributed by atoms with van der Waals surface area (Å²) in [6.45, 7) is 0.648. The molecule has 100 valence electrons. The monoisotopic (exact) mass is 263 g/mol. The van der Waals surface area contributed by atoms with Crippen molar-refractivity contribution in [2.45, 2.75) is 6.10 Å². The van der Waals surface area contributed by atoms with Crippen LogP contribution >= 0.6 is 0 Å². The van der Waals surface area contributed by atoms with Crippen LogP contribution in [0.5, 0.6) is 11.5 Å². The second kappa shape index (κ2) is 4.46. The molecule has 2 heterocycles. The van der Waals surface area contributed by atoms with Crippen LogP contribution in [0.4, 0.5) is 0 Å². The van der Waals surface area contributed by atoms with Gasteiger partial charge in [-0.25, -0.2) is 0 Å². The Hall–Kier alpha value is -2.24. The summed E-state index contributed by atoms with van der Waals surface area (Å²) in [5.41, 5.74) is 0. The van der Waals surface area contributed by atoms with Crippen LogP contribution in [0.2, 0.25) is 0 Å². The Morgan fingerprint density at radius 3 is 2.58 bits per heavy atom. The molecule has 1 N–H and O–H groups in total. The fourth-order valence-corrected chi connectivity index (χ4v) is 2.16. The predicted molar refractivity (Wildman–Crippen MR) is 64.1 cm³/mol. The molecule has 0 unspecified atom stereocenters. The average molecular weight is 263 g/mol. The van der Waals surface area contributed by atoms with Crippen LogP contribution in [-0.4, -0.2) is 47.7 Å². The van der Waals surface area contributed by atoms with Gasteiger partial charge in [0.15, 0.2) is 11.5 Å². The highest BCUT2D eigenvalue weighted by Gasteiger charge is 2.40. The maximum absolute atomic E-state index is 12.1. The molecule has 1 fully saturated rings. The van der Waals surface area contributed by atoms with Crippen LogP contribution in [0, 0.1) is 5.92 Å². The number of hydrogen-bond acceptors (Lipinski definition) is 4. The van der Waals surface area contributed by atoms with E-state index in [4.69, 9.17) is 14.6 Å². The number of aliphatic carboxylic acids is 1. The predicted octanol–water partition coefficient (Wildman–Crippen LogP) is 0.369. The standard InChI is InChI=1S/C13H13NO5/c15-12(14-5-8(6-14)13(16)17)11-7-18-9-3-1-2-4-10(9)19-11/h1-4,8,11H,5-7H2,(H,16,17)/t11-/m1/s1. The Morgan fingerprint density at radius 1 is 1.21 bits per heavy atom. The zero-order valence-electron chi connectivity index (χ0n) is 10.1. The minimum atomic E-state index is -0.866. The van der Waals surface area contributed by atoms with Gasteiger partial charge in [-0.3, -0.25) is 9.59 Å². The molecule has 0 spiro atoms. The fraction of sp³-hybridized carbons (Fsp3) is 0.385. The number of para-hydroxylation sites is 2. The van der Waals surface area contributed by atoms with Gasteiger partial charge in [0.1, 0.15) is 6.61 Å². The number of fused-ring (bicyclic) bond motifs is 1. The molecule has 0 saturated carbocycles. The molecule has 1 atom stereocenters. The quantitative estimate of drug-likeness (QED) is 0.834. The molecular weight excluding hydrogens is 250 g/mol. The lowest BCUT2D eigenvalue weighted by atomic mass is 10.00. The Morgan fingerprint density at radius 2 is 1.89 bits per heavy atom. The third-order valence-corrected chi connectivity index (χ3v) is 3.33. The third kappa shape index (κ3) is 2.09. The first-order chi connectivity index (χ1) is 9.15. The number of ether oxygens (including phenoxy) is 2. The van der Waals surface area contributed by atoms with Gasteiger partial charge in [0, 0.05) is 13.1 Å². The van der Waals surface area contributed by atoms with E-state index in [1.807, 2.05) is 6.07 Å². The zero-order chi connectivity index (χ0) is 13.4. The Balaban J connectivity index is 1.63. The van der Waals surface area contributed by atoms with Crippen molar-refractivity contribution < 1.29 is 24.2 Å². The largest absolute Gasteiger partial charge is 0.485 e. The normalized spacial score (nSPS) is 21.7. The van der Waals surface area contributed by atoms with Crippen molar-refractivity contribution in [3.63, 3.8) is 0 Å². The Labute approximate surface area is 109 Å². The molecular formula is C13H13NO5. The molecule has 3 rings (SSSR count). The lowest BCUT2D eigenvalue weighted by molar-refractivity contribution is -0.157. The van der Waals surface area contributed by atoms with Crippen LogP contribution in [0.1, 0.15) is 0 Å². The third-order valence-electron chi connectivity index (χ3n) is 3.33. The number of hydrogen-bond donors (Lipinski definition) is 1. The van der Waals surface area contributed by atoms with Crippen molar-refractivity contribution >= 4 is 11.9 Å². The van der Waals surface area contributed by atoms with Gasteiger partial charge in [0.25, 0.3) is 5.91 Å². The summed E-state index contributed by atoms with van der Waals surface area (Å²) in [7, 11) is 0. The van der Waals surface area contributed by atoms with Gasteiger partial charge < -0.3 is 19.5 Å². The summed E-state index contributed by atoms with van der Waals surface area (Å²) in [5, 5.41) is 8.78. The van der Waals surface area contributed by atoms with E-state index in [9.17, 15) is 9.59 Å². The van der Waals surface area contributed by atoms with Crippen molar-refractivity contribution in [1.82, 2.24) is 4.90 Å². The summed E-state index contributed by atoms with van der Waals surface area (Å²) in [4.78, 5) is 24.3. The molecule has 6 nitrogen and oxygen atoms in total. The fourth-order valence-electron chi connectivity index (χ4n) is 2.16. The van der Waals surface area contributed by atoms with Gasteiger partial charge >= 0.3 is 5.97 Å². The highest BCUT2D eigenvalue weighted by atomic mass is 16.6. The first-order valence-corrected chi connectivity index (χ1v) is 6.05. The first kappa shape index (κ1) is 11.8. The molecule has 0 aromatic heterocycles. The number of carbonyl (C=O) groups is 2. The van der Waals surface area contributed by atoms with E-state index in [-0.39, 0.29) is 25.6 Å². The molecule has 2 aliphatic rings. The van der Waals surface area contributed by atoms with E-state index in [0.29, 0.717) is 11.5 Å². The summed E-state index contributed by atoms with van der Waals surface area (Å²) in [6, 6.07) is 7.15. The summed E-state index contributed by atoms with van der Waals surface area (Å²) in [5.74, 6) is -0.371. The number of rotatable bonds is 2. The first-order valence-electron chi connectivity index (χ1n) is 6.05. The zero-order valence-corrected chi connectivity index (χ0v) is 10.1. The average Bonchev–Trinajstić information content (AvgIpc) is 2.35. The molecule has 19 heavy (non-hydrogen) atoms. The van der Waals surface area contributed by atoms with Crippen LogP contribution < -0.4 is 9.47 Å². The molecule has 1 aromatic rings. The molecule has 0 aliphatic carbocycles. The number of carboxylic acids is 1. The lowest BCUT2D eigenvalue weighted by Gasteiger charge is -2.39. The van der Waals surface area contributed by atoms with Gasteiger partial charge in [-0.2, -0.15) is 0 Å². The van der Waals surface area contributed by atoms with Crippen LogP contribution in [-0.2, 0) is 9.59 Å². The highest BCUT2D eigenvalue weighted by molar-refractivity contribution is 5.85. The van der Waals surface area contributed by atoms with Gasteiger partial charge in [0.05, 0.1) is 5.92 Å². The SMILES string of the molecule is O=C(O)C1CN(C(=O)[C@H]2COc3ccccc3O2)C1. The maximum atomic E-state index is 12.1. The van der Waals surface area contributed by atoms with E-state index in [1.165, 1.54) is 4.90 Å². The van der Waals surface area contributed by atoms with E-state index in [1.54, 1.807) is 18.2 Å². The van der Waals surface area contributed by atoms with Crippen LogP contribution in [0.15, 0.2) is 24.3 Å². The Bertz CT molecular complexity index is 524. The number of benzene rings is 1. The van der Waals surface area contributed by atoms with Gasteiger partial charge in [-0.1, -0.05) is 12.1 Å². The molecule has 1 saturated heterocycles. The van der Waals surface area contributed by atoms with Crippen molar-refractivity contribution in [3.8, 4) is 11.5 Å². The van der Waals surface area contributed by atoms with E-state index in [2.05, 4.69) is 0 Å². The van der Waals surface area contributed by atoms with Gasteiger partial charge in [0.2, 0.25) is 6.10 Å². The van der Waals surface area contributed by atoms with E-state index in [0.717, 1.165) is 0 Å². The van der Waals surface area contributed by atoms with E-state index >= 15 is 0 Å². The van der Waals surface area contributed by atoms with E-state index < -0.39 is 18.0 Å². The number of amides is 1. The minimum absolute atomic E-state index is 0.157. The van der Waals surface area contributed by atoms with Gasteiger partial charge in [-0.15, -0.1) is 0 Å². The lowest BCUT2D eigenvalue weighted by Crippen LogP contribution is -2.58. The van der Waals surface area contributed by atoms with Crippen molar-refractivity contribution in [1.29, 1.82) is 0 Å². The Kier molecular flexibility index (Phi) is 2.77. The van der Waals surface area contributed by atoms with Crippen LogP contribution in [0.3, 0.4) is 0 Å². The smallest absolute Gasteiger partial charge is 0.310 e. The molecule has 0 bridgehead atoms. The summed E-state index contributed by atoms with van der Waals surface area (Å²) in [6.07, 6.45) is -0.690. The maximum Gasteiger partial charge on any atom is 0.310 e. The van der Waals surface area contributed by atoms with Crippen molar-refractivity contribution in [2.75, 3.05) is 19.7 Å². The van der Waals surface area contributed by atoms with Crippen LogP contribution in [0.25, 0.3) is 0 Å². The summed E-state index contributed by atoms with van der Waals surface area (Å²) < 4.78 is 11.0. The minimum Gasteiger partial charge on any atom is -0.485 e. The topological polar surface area (TPSA) is 76.1 Å². The summed E-state index contributed by atoms with van der Waals surface area (Å²) >= 11 is 0. The number of carboxylic acid groups (broad SMARTS) is 1. The second-order valence-corrected chi connectivity index (χ2v) is 4.64. The second-order valence-electron chi connectivity index (χ2n) is 4.64. The molecule has 1 amide bonds. The van der Waals surface area contributed by atoms with Crippen molar-refractivity contribution in [3.05, 3.63) is 24.3 Å².